The highest BCUT2D eigenvalue weighted by molar-refractivity contribution is 5.92. The highest BCUT2D eigenvalue weighted by Crippen LogP contribution is 2.72. The number of benzene rings is 1. The quantitative estimate of drug-likeness (QED) is 0.428. The van der Waals surface area contributed by atoms with Crippen molar-refractivity contribution in [3.05, 3.63) is 64.3 Å². The summed E-state index contributed by atoms with van der Waals surface area (Å²) in [6.45, 7) is 20.4. The van der Waals surface area contributed by atoms with Gasteiger partial charge < -0.3 is 0 Å². The second-order valence-electron chi connectivity index (χ2n) is 11.2. The highest BCUT2D eigenvalue weighted by Gasteiger charge is 2.63. The third kappa shape index (κ3) is 2.07. The lowest BCUT2D eigenvalue weighted by atomic mass is 9.38. The molecule has 0 amide bonds. The van der Waals surface area contributed by atoms with Crippen LogP contribution in [0.2, 0.25) is 0 Å². The Kier molecular flexibility index (Phi) is 4.01. The Balaban J connectivity index is 1.92. The average molecular weight is 387 g/mol. The first-order valence-electron chi connectivity index (χ1n) is 11.9. The maximum Gasteiger partial charge on any atom is 0.00558 e. The van der Waals surface area contributed by atoms with E-state index >= 15 is 0 Å². The molecule has 8 unspecified atom stereocenters. The maximum atomic E-state index is 2.65. The summed E-state index contributed by atoms with van der Waals surface area (Å²) >= 11 is 0. The molecule has 4 aliphatic rings. The smallest absolute Gasteiger partial charge is 0.00558 e. The van der Waals surface area contributed by atoms with E-state index in [2.05, 4.69) is 91.8 Å². The van der Waals surface area contributed by atoms with E-state index in [1.165, 1.54) is 11.1 Å². The summed E-state index contributed by atoms with van der Waals surface area (Å²) in [6, 6.07) is 9.21. The van der Waals surface area contributed by atoms with Crippen molar-refractivity contribution in [3.63, 3.8) is 0 Å². The van der Waals surface area contributed by atoms with E-state index in [1.54, 1.807) is 16.7 Å². The summed E-state index contributed by atoms with van der Waals surface area (Å²) in [7, 11) is 0. The van der Waals surface area contributed by atoms with Crippen molar-refractivity contribution in [3.8, 4) is 0 Å². The maximum absolute atomic E-state index is 2.65. The fourth-order valence-electron chi connectivity index (χ4n) is 8.11. The molecule has 0 aromatic heterocycles. The van der Waals surface area contributed by atoms with Gasteiger partial charge in [0.05, 0.1) is 0 Å². The number of hydrogen-bond donors (Lipinski definition) is 0. The Morgan fingerprint density at radius 2 is 1.52 bits per heavy atom. The molecule has 0 bridgehead atoms. The SMILES string of the molecule is CC1C=CC2=C3C(=C4C(C)C(C)C(C)C(C)C4(C)C2(C)C1C)Cc1ccccc13. The average Bonchev–Trinajstić information content (AvgIpc) is 3.08. The summed E-state index contributed by atoms with van der Waals surface area (Å²) in [5, 5.41) is 0. The fraction of sp³-hybridized carbons (Fsp3) is 0.586. The molecule has 0 spiro atoms. The number of rotatable bonds is 0. The van der Waals surface area contributed by atoms with Gasteiger partial charge in [-0.05, 0) is 69.8 Å². The molecule has 8 atom stereocenters. The predicted molar refractivity (Wildman–Crippen MR) is 124 cm³/mol. The minimum atomic E-state index is 0.175. The molecular weight excluding hydrogens is 348 g/mol. The van der Waals surface area contributed by atoms with Crippen LogP contribution in [-0.2, 0) is 6.42 Å². The van der Waals surface area contributed by atoms with E-state index in [9.17, 15) is 0 Å². The third-order valence-corrected chi connectivity index (χ3v) is 10.8. The van der Waals surface area contributed by atoms with E-state index < -0.39 is 0 Å². The van der Waals surface area contributed by atoms with E-state index in [-0.39, 0.29) is 10.8 Å². The molecule has 154 valence electrons. The van der Waals surface area contributed by atoms with Crippen LogP contribution in [0, 0.1) is 46.3 Å². The van der Waals surface area contributed by atoms with Gasteiger partial charge in [0.2, 0.25) is 0 Å². The minimum Gasteiger partial charge on any atom is -0.0811 e. The predicted octanol–water partition coefficient (Wildman–Crippen LogP) is 7.72. The van der Waals surface area contributed by atoms with Crippen molar-refractivity contribution in [2.24, 2.45) is 46.3 Å². The summed E-state index contributed by atoms with van der Waals surface area (Å²) in [4.78, 5) is 0. The Morgan fingerprint density at radius 1 is 0.828 bits per heavy atom. The topological polar surface area (TPSA) is 0 Å². The van der Waals surface area contributed by atoms with Gasteiger partial charge in [-0.25, -0.2) is 0 Å². The van der Waals surface area contributed by atoms with Gasteiger partial charge in [0.15, 0.2) is 0 Å². The van der Waals surface area contributed by atoms with Gasteiger partial charge in [0.25, 0.3) is 0 Å². The molecule has 1 aromatic rings. The van der Waals surface area contributed by atoms with E-state index in [0.717, 1.165) is 18.3 Å². The van der Waals surface area contributed by atoms with Crippen LogP contribution < -0.4 is 0 Å². The summed E-state index contributed by atoms with van der Waals surface area (Å²) in [5.74, 6) is 4.08. The lowest BCUT2D eigenvalue weighted by Crippen LogP contribution is -2.58. The largest absolute Gasteiger partial charge is 0.0811 e. The highest BCUT2D eigenvalue weighted by atomic mass is 14.7. The zero-order valence-electron chi connectivity index (χ0n) is 19.6. The van der Waals surface area contributed by atoms with Crippen LogP contribution in [0.25, 0.3) is 5.57 Å². The molecule has 0 N–H and O–H groups in total. The van der Waals surface area contributed by atoms with Crippen molar-refractivity contribution >= 4 is 5.57 Å². The Morgan fingerprint density at radius 3 is 2.24 bits per heavy atom. The standard InChI is InChI=1S/C29H38/c1-16-13-14-25-26-23-12-10-9-11-22(23)15-24(26)27-19(4)17(2)18(3)21(6)29(27,8)28(25,7)20(16)5/h9-14,16-21H,15H2,1-8H3. The third-order valence-electron chi connectivity index (χ3n) is 10.8. The lowest BCUT2D eigenvalue weighted by Gasteiger charge is -2.65. The fourth-order valence-corrected chi connectivity index (χ4v) is 8.11. The molecule has 0 radical (unpaired) electrons. The molecule has 5 rings (SSSR count). The zero-order valence-corrected chi connectivity index (χ0v) is 19.6. The normalized spacial score (nSPS) is 45.7. The molecule has 29 heavy (non-hydrogen) atoms. The molecule has 4 aliphatic carbocycles. The number of fused-ring (bicyclic) bond motifs is 6. The van der Waals surface area contributed by atoms with Crippen molar-refractivity contribution in [2.75, 3.05) is 0 Å². The van der Waals surface area contributed by atoms with Crippen LogP contribution in [-0.4, -0.2) is 0 Å². The Hall–Kier alpha value is -1.56. The van der Waals surface area contributed by atoms with Crippen molar-refractivity contribution < 1.29 is 0 Å². The van der Waals surface area contributed by atoms with Gasteiger partial charge in [0.1, 0.15) is 0 Å². The second-order valence-corrected chi connectivity index (χ2v) is 11.2. The first-order valence-corrected chi connectivity index (χ1v) is 11.9. The minimum absolute atomic E-state index is 0.175. The van der Waals surface area contributed by atoms with Crippen LogP contribution >= 0.6 is 0 Å². The molecule has 0 heterocycles. The van der Waals surface area contributed by atoms with Crippen LogP contribution in [0.15, 0.2) is 53.1 Å². The molecule has 1 aromatic carbocycles. The van der Waals surface area contributed by atoms with Crippen molar-refractivity contribution in [1.29, 1.82) is 0 Å². The van der Waals surface area contributed by atoms with Gasteiger partial charge in [-0.3, -0.25) is 0 Å². The molecular formula is C29H38. The molecule has 0 saturated heterocycles. The van der Waals surface area contributed by atoms with Crippen LogP contribution in [0.4, 0.5) is 0 Å². The van der Waals surface area contributed by atoms with Crippen LogP contribution in [0.5, 0.6) is 0 Å². The number of allylic oxidation sites excluding steroid dienone is 6. The molecule has 0 aliphatic heterocycles. The zero-order chi connectivity index (χ0) is 20.9. The van der Waals surface area contributed by atoms with Gasteiger partial charge in [0, 0.05) is 10.8 Å². The number of hydrogen-bond acceptors (Lipinski definition) is 0. The van der Waals surface area contributed by atoms with E-state index in [1.807, 2.05) is 5.57 Å². The van der Waals surface area contributed by atoms with Crippen LogP contribution in [0.3, 0.4) is 0 Å². The lowest BCUT2D eigenvalue weighted by molar-refractivity contribution is -0.0523. The summed E-state index contributed by atoms with van der Waals surface area (Å²) < 4.78 is 0. The van der Waals surface area contributed by atoms with Crippen molar-refractivity contribution in [2.45, 2.75) is 61.8 Å². The Bertz CT molecular complexity index is 972. The Labute approximate surface area is 178 Å². The van der Waals surface area contributed by atoms with Crippen LogP contribution in [0.1, 0.15) is 66.5 Å². The first-order chi connectivity index (χ1) is 13.7. The molecule has 0 nitrogen and oxygen atoms in total. The molecule has 0 heteroatoms. The first kappa shape index (κ1) is 19.4. The van der Waals surface area contributed by atoms with Crippen molar-refractivity contribution in [1.82, 2.24) is 0 Å². The monoisotopic (exact) mass is 386 g/mol. The van der Waals surface area contributed by atoms with Gasteiger partial charge >= 0.3 is 0 Å². The van der Waals surface area contributed by atoms with Gasteiger partial charge in [-0.15, -0.1) is 0 Å². The van der Waals surface area contributed by atoms with E-state index in [4.69, 9.17) is 0 Å². The second kappa shape index (κ2) is 5.99. The van der Waals surface area contributed by atoms with Gasteiger partial charge in [-0.1, -0.05) is 97.4 Å². The summed E-state index contributed by atoms with van der Waals surface area (Å²) in [6.07, 6.45) is 6.15. The molecule has 1 saturated carbocycles. The molecule has 1 fully saturated rings. The van der Waals surface area contributed by atoms with E-state index in [0.29, 0.717) is 23.7 Å². The summed E-state index contributed by atoms with van der Waals surface area (Å²) in [5.41, 5.74) is 10.2. The van der Waals surface area contributed by atoms with Gasteiger partial charge in [-0.2, -0.15) is 0 Å².